The molecule has 0 spiro atoms. The van der Waals surface area contributed by atoms with Gasteiger partial charge in [0.25, 0.3) is 5.56 Å². The van der Waals surface area contributed by atoms with Crippen molar-refractivity contribution in [2.45, 2.75) is 32.7 Å². The van der Waals surface area contributed by atoms with Crippen molar-refractivity contribution in [2.24, 2.45) is 0 Å². The van der Waals surface area contributed by atoms with Gasteiger partial charge in [-0.25, -0.2) is 4.79 Å². The summed E-state index contributed by atoms with van der Waals surface area (Å²) in [5.74, 6) is 0. The van der Waals surface area contributed by atoms with Crippen LogP contribution in [-0.2, 0) is 11.3 Å². The van der Waals surface area contributed by atoms with E-state index < -0.39 is 5.69 Å². The third-order valence-corrected chi connectivity index (χ3v) is 2.50. The highest BCUT2D eigenvalue weighted by Crippen LogP contribution is 1.95. The Morgan fingerprint density at radius 1 is 1.35 bits per heavy atom. The van der Waals surface area contributed by atoms with Crippen molar-refractivity contribution in [1.29, 1.82) is 0 Å². The predicted molar refractivity (Wildman–Crippen MR) is 66.7 cm³/mol. The molecule has 0 aliphatic heterocycles. The van der Waals surface area contributed by atoms with Crippen molar-refractivity contribution in [2.75, 3.05) is 13.2 Å². The SMILES string of the molecule is CCCCOCCCn1c(=O)cc(Cl)[nH]c1=O. The van der Waals surface area contributed by atoms with E-state index in [4.69, 9.17) is 16.3 Å². The number of aromatic amines is 1. The Kier molecular flexibility index (Phi) is 6.00. The number of hydrogen-bond donors (Lipinski definition) is 1. The maximum Gasteiger partial charge on any atom is 0.329 e. The highest BCUT2D eigenvalue weighted by Gasteiger charge is 2.02. The lowest BCUT2D eigenvalue weighted by Crippen LogP contribution is -2.34. The van der Waals surface area contributed by atoms with Gasteiger partial charge in [0, 0.05) is 25.8 Å². The van der Waals surface area contributed by atoms with E-state index in [-0.39, 0.29) is 10.7 Å². The molecular formula is C11H17ClN2O3. The van der Waals surface area contributed by atoms with Gasteiger partial charge in [0.2, 0.25) is 0 Å². The molecule has 0 saturated carbocycles. The fourth-order valence-corrected chi connectivity index (χ4v) is 1.55. The van der Waals surface area contributed by atoms with Gasteiger partial charge in [0.05, 0.1) is 0 Å². The van der Waals surface area contributed by atoms with E-state index in [0.717, 1.165) is 24.0 Å². The second-order valence-electron chi connectivity index (χ2n) is 3.73. The number of rotatable bonds is 7. The summed E-state index contributed by atoms with van der Waals surface area (Å²) < 4.78 is 6.47. The number of ether oxygens (including phenoxy) is 1. The van der Waals surface area contributed by atoms with E-state index in [1.807, 2.05) is 0 Å². The van der Waals surface area contributed by atoms with Crippen molar-refractivity contribution in [1.82, 2.24) is 9.55 Å². The molecule has 1 heterocycles. The summed E-state index contributed by atoms with van der Waals surface area (Å²) in [7, 11) is 0. The lowest BCUT2D eigenvalue weighted by Gasteiger charge is -2.05. The number of halogens is 1. The number of H-pyrrole nitrogens is 1. The highest BCUT2D eigenvalue weighted by molar-refractivity contribution is 6.29. The monoisotopic (exact) mass is 260 g/mol. The van der Waals surface area contributed by atoms with Crippen LogP contribution in [0, 0.1) is 0 Å². The molecule has 96 valence electrons. The van der Waals surface area contributed by atoms with Gasteiger partial charge in [-0.1, -0.05) is 24.9 Å². The predicted octanol–water partition coefficient (Wildman–Crippen LogP) is 1.40. The van der Waals surface area contributed by atoms with Crippen LogP contribution in [0.3, 0.4) is 0 Å². The highest BCUT2D eigenvalue weighted by atomic mass is 35.5. The molecule has 1 N–H and O–H groups in total. The van der Waals surface area contributed by atoms with Crippen LogP contribution in [0.2, 0.25) is 5.15 Å². The van der Waals surface area contributed by atoms with Gasteiger partial charge in [0.1, 0.15) is 5.15 Å². The lowest BCUT2D eigenvalue weighted by molar-refractivity contribution is 0.125. The number of nitrogens with zero attached hydrogens (tertiary/aromatic N) is 1. The van der Waals surface area contributed by atoms with Crippen LogP contribution < -0.4 is 11.2 Å². The third kappa shape index (κ3) is 4.75. The largest absolute Gasteiger partial charge is 0.381 e. The van der Waals surface area contributed by atoms with Gasteiger partial charge in [-0.2, -0.15) is 0 Å². The minimum atomic E-state index is -0.476. The van der Waals surface area contributed by atoms with Crippen molar-refractivity contribution in [3.05, 3.63) is 32.1 Å². The van der Waals surface area contributed by atoms with Crippen molar-refractivity contribution >= 4 is 11.6 Å². The molecule has 0 aliphatic rings. The Morgan fingerprint density at radius 3 is 2.71 bits per heavy atom. The van der Waals surface area contributed by atoms with Gasteiger partial charge in [-0.05, 0) is 12.8 Å². The van der Waals surface area contributed by atoms with Crippen LogP contribution >= 0.6 is 11.6 Å². The molecule has 0 aromatic carbocycles. The van der Waals surface area contributed by atoms with Gasteiger partial charge < -0.3 is 4.74 Å². The first kappa shape index (κ1) is 14.0. The normalized spacial score (nSPS) is 10.7. The standard InChI is InChI=1S/C11H17ClN2O3/c1-2-3-6-17-7-4-5-14-10(15)8-9(12)13-11(14)16/h8H,2-7H2,1H3,(H,13,16). The molecule has 0 bridgehead atoms. The summed E-state index contributed by atoms with van der Waals surface area (Å²) in [5.41, 5.74) is -0.858. The molecule has 5 nitrogen and oxygen atoms in total. The molecule has 17 heavy (non-hydrogen) atoms. The van der Waals surface area contributed by atoms with Crippen LogP contribution in [0.15, 0.2) is 15.7 Å². The molecule has 0 radical (unpaired) electrons. The van der Waals surface area contributed by atoms with Crippen molar-refractivity contribution in [3.8, 4) is 0 Å². The zero-order valence-electron chi connectivity index (χ0n) is 9.87. The molecule has 0 saturated heterocycles. The van der Waals surface area contributed by atoms with Gasteiger partial charge >= 0.3 is 5.69 Å². The molecule has 1 rings (SSSR count). The van der Waals surface area contributed by atoms with Crippen molar-refractivity contribution < 1.29 is 4.74 Å². The molecule has 0 fully saturated rings. The summed E-state index contributed by atoms with van der Waals surface area (Å²) in [5, 5.41) is 0.0652. The Balaban J connectivity index is 2.42. The summed E-state index contributed by atoms with van der Waals surface area (Å²) in [6.07, 6.45) is 2.76. The maximum atomic E-state index is 11.4. The van der Waals surface area contributed by atoms with E-state index in [1.165, 1.54) is 6.07 Å². The summed E-state index contributed by atoms with van der Waals surface area (Å²) in [4.78, 5) is 25.2. The number of nitrogens with one attached hydrogen (secondary N) is 1. The number of aromatic nitrogens is 2. The van der Waals surface area contributed by atoms with E-state index in [2.05, 4.69) is 11.9 Å². The van der Waals surface area contributed by atoms with E-state index in [1.54, 1.807) is 0 Å². The third-order valence-electron chi connectivity index (χ3n) is 2.30. The fourth-order valence-electron chi connectivity index (χ4n) is 1.38. The van der Waals surface area contributed by atoms with Crippen LogP contribution in [0.1, 0.15) is 26.2 Å². The zero-order chi connectivity index (χ0) is 12.7. The van der Waals surface area contributed by atoms with E-state index >= 15 is 0 Å². The van der Waals surface area contributed by atoms with Gasteiger partial charge in [0.15, 0.2) is 0 Å². The van der Waals surface area contributed by atoms with Crippen LogP contribution in [0.5, 0.6) is 0 Å². The molecule has 0 aliphatic carbocycles. The van der Waals surface area contributed by atoms with E-state index in [0.29, 0.717) is 19.6 Å². The lowest BCUT2D eigenvalue weighted by atomic mass is 10.3. The molecule has 0 unspecified atom stereocenters. The van der Waals surface area contributed by atoms with Crippen LogP contribution in [0.25, 0.3) is 0 Å². The van der Waals surface area contributed by atoms with E-state index in [9.17, 15) is 9.59 Å². The Morgan fingerprint density at radius 2 is 2.06 bits per heavy atom. The van der Waals surface area contributed by atoms with Gasteiger partial charge in [-0.15, -0.1) is 0 Å². The maximum absolute atomic E-state index is 11.4. The van der Waals surface area contributed by atoms with Crippen LogP contribution in [0.4, 0.5) is 0 Å². The molecule has 1 aromatic heterocycles. The number of unbranched alkanes of at least 4 members (excludes halogenated alkanes) is 1. The quantitative estimate of drug-likeness (QED) is 0.595. The average molecular weight is 261 g/mol. The Labute approximate surface area is 104 Å². The summed E-state index contributed by atoms with van der Waals surface area (Å²) in [6, 6.07) is 1.20. The van der Waals surface area contributed by atoms with Crippen LogP contribution in [-0.4, -0.2) is 22.8 Å². The Bertz CT molecular complexity index is 422. The first-order valence-electron chi connectivity index (χ1n) is 5.72. The van der Waals surface area contributed by atoms with Crippen molar-refractivity contribution in [3.63, 3.8) is 0 Å². The number of hydrogen-bond acceptors (Lipinski definition) is 3. The second kappa shape index (κ2) is 7.29. The fraction of sp³-hybridized carbons (Fsp3) is 0.636. The Hall–Kier alpha value is -1.07. The topological polar surface area (TPSA) is 64.1 Å². The summed E-state index contributed by atoms with van der Waals surface area (Å²) in [6.45, 7) is 3.71. The minimum Gasteiger partial charge on any atom is -0.381 e. The first-order chi connectivity index (χ1) is 8.15. The molecule has 0 atom stereocenters. The molecular weight excluding hydrogens is 244 g/mol. The summed E-state index contributed by atoms with van der Waals surface area (Å²) >= 11 is 5.55. The van der Waals surface area contributed by atoms with Gasteiger partial charge in [-0.3, -0.25) is 14.3 Å². The minimum absolute atomic E-state index is 0.0652. The average Bonchev–Trinajstić information content (AvgIpc) is 2.26. The first-order valence-corrected chi connectivity index (χ1v) is 6.10. The molecule has 0 amide bonds. The smallest absolute Gasteiger partial charge is 0.329 e. The molecule has 6 heteroatoms. The zero-order valence-corrected chi connectivity index (χ0v) is 10.6. The second-order valence-corrected chi connectivity index (χ2v) is 4.14. The molecule has 1 aromatic rings.